The molecule has 0 saturated heterocycles. The van der Waals surface area contributed by atoms with E-state index in [1.807, 2.05) is 49.4 Å². The second-order valence-electron chi connectivity index (χ2n) is 6.87. The second kappa shape index (κ2) is 6.23. The number of amides is 1. The van der Waals surface area contributed by atoms with E-state index >= 15 is 0 Å². The maximum Gasteiger partial charge on any atom is 0.410 e. The summed E-state index contributed by atoms with van der Waals surface area (Å²) in [7, 11) is 4.92. The van der Waals surface area contributed by atoms with Gasteiger partial charge in [0.2, 0.25) is 5.88 Å². The summed E-state index contributed by atoms with van der Waals surface area (Å²) in [6.07, 6.45) is -0.420. The summed E-state index contributed by atoms with van der Waals surface area (Å²) < 4.78 is 12.6. The first-order valence-electron chi connectivity index (χ1n) is 8.54. The number of halogens is 1. The Hall–Kier alpha value is -2.60. The molecule has 1 aromatic heterocycles. The number of hydrogen-bond acceptors (Lipinski definition) is 4. The van der Waals surface area contributed by atoms with E-state index < -0.39 is 11.7 Å². The van der Waals surface area contributed by atoms with Crippen LogP contribution in [0.3, 0.4) is 0 Å². The van der Waals surface area contributed by atoms with Gasteiger partial charge in [-0.25, -0.2) is 9.78 Å². The van der Waals surface area contributed by atoms with Crippen LogP contribution in [0.1, 0.15) is 18.1 Å². The zero-order chi connectivity index (χ0) is 19.3. The number of aromatic nitrogens is 1. The van der Waals surface area contributed by atoms with Crippen molar-refractivity contribution in [2.75, 3.05) is 21.2 Å². The van der Waals surface area contributed by atoms with E-state index in [2.05, 4.69) is 20.9 Å². The van der Waals surface area contributed by atoms with Crippen LogP contribution in [-0.2, 0) is 10.3 Å². The SMILES string of the molecule is COc1nc2ccc(Br)cc2c2c1C(C)(OC(=O)N(C)C)c1ccccc1-2. The molecule has 27 heavy (non-hydrogen) atoms. The molecule has 0 aliphatic heterocycles. The molecule has 0 radical (unpaired) electrons. The molecule has 138 valence electrons. The maximum absolute atomic E-state index is 12.5. The number of carbonyl (C=O) groups excluding carboxylic acids is 1. The van der Waals surface area contributed by atoms with Gasteiger partial charge < -0.3 is 14.4 Å². The first kappa shape index (κ1) is 17.8. The minimum Gasteiger partial charge on any atom is -0.481 e. The molecule has 1 heterocycles. The lowest BCUT2D eigenvalue weighted by atomic mass is 9.93. The van der Waals surface area contributed by atoms with Crippen LogP contribution in [0, 0.1) is 0 Å². The van der Waals surface area contributed by atoms with Gasteiger partial charge in [0.15, 0.2) is 5.60 Å². The van der Waals surface area contributed by atoms with Gasteiger partial charge in [-0.3, -0.25) is 0 Å². The van der Waals surface area contributed by atoms with E-state index in [0.29, 0.717) is 5.88 Å². The van der Waals surface area contributed by atoms with Crippen molar-refractivity contribution in [3.05, 3.63) is 58.1 Å². The zero-order valence-electron chi connectivity index (χ0n) is 15.5. The van der Waals surface area contributed by atoms with Gasteiger partial charge in [-0.1, -0.05) is 40.2 Å². The van der Waals surface area contributed by atoms with Crippen molar-refractivity contribution < 1.29 is 14.3 Å². The van der Waals surface area contributed by atoms with Gasteiger partial charge in [-0.05, 0) is 30.7 Å². The minimum atomic E-state index is -0.998. The summed E-state index contributed by atoms with van der Waals surface area (Å²) in [4.78, 5) is 18.6. The molecule has 0 bridgehead atoms. The van der Waals surface area contributed by atoms with Crippen molar-refractivity contribution in [3.8, 4) is 17.0 Å². The van der Waals surface area contributed by atoms with Crippen molar-refractivity contribution >= 4 is 32.9 Å². The third kappa shape index (κ3) is 2.58. The Morgan fingerprint density at radius 3 is 2.63 bits per heavy atom. The Bertz CT molecular complexity index is 1080. The number of methoxy groups -OCH3 is 1. The van der Waals surface area contributed by atoms with Crippen molar-refractivity contribution in [3.63, 3.8) is 0 Å². The summed E-state index contributed by atoms with van der Waals surface area (Å²) in [6, 6.07) is 13.9. The van der Waals surface area contributed by atoms with Crippen molar-refractivity contribution in [1.82, 2.24) is 9.88 Å². The van der Waals surface area contributed by atoms with E-state index in [1.54, 1.807) is 21.2 Å². The van der Waals surface area contributed by atoms with Crippen molar-refractivity contribution in [2.45, 2.75) is 12.5 Å². The lowest BCUT2D eigenvalue weighted by Crippen LogP contribution is -2.34. The van der Waals surface area contributed by atoms with Gasteiger partial charge in [0.05, 0.1) is 18.2 Å². The molecule has 0 fully saturated rings. The zero-order valence-corrected chi connectivity index (χ0v) is 17.1. The molecule has 1 unspecified atom stereocenters. The number of rotatable bonds is 2. The van der Waals surface area contributed by atoms with Crippen LogP contribution in [0.2, 0.25) is 0 Å². The van der Waals surface area contributed by atoms with Crippen molar-refractivity contribution in [1.29, 1.82) is 0 Å². The first-order valence-corrected chi connectivity index (χ1v) is 9.34. The fourth-order valence-electron chi connectivity index (χ4n) is 3.71. The standard InChI is InChI=1S/C21H19BrN2O3/c1-21(27-20(25)24(2)3)15-8-6-5-7-13(15)17-14-11-12(22)9-10-16(14)23-19(26-4)18(17)21/h5-11H,1-4H3. The molecule has 1 aliphatic carbocycles. The van der Waals surface area contributed by atoms with Crippen LogP contribution < -0.4 is 4.74 Å². The van der Waals surface area contributed by atoms with Gasteiger partial charge in [0.25, 0.3) is 0 Å². The minimum absolute atomic E-state index is 0.420. The second-order valence-corrected chi connectivity index (χ2v) is 7.79. The number of nitrogens with zero attached hydrogens (tertiary/aromatic N) is 2. The normalized spacial score (nSPS) is 17.4. The molecule has 5 nitrogen and oxygen atoms in total. The van der Waals surface area contributed by atoms with Gasteiger partial charge in [0, 0.05) is 35.1 Å². The number of carbonyl (C=O) groups is 1. The highest BCUT2D eigenvalue weighted by Crippen LogP contribution is 2.55. The Kier molecular flexibility index (Phi) is 4.11. The smallest absolute Gasteiger partial charge is 0.410 e. The highest BCUT2D eigenvalue weighted by atomic mass is 79.9. The summed E-state index contributed by atoms with van der Waals surface area (Å²) in [5.74, 6) is 0.463. The van der Waals surface area contributed by atoms with E-state index in [1.165, 1.54) is 4.90 Å². The molecule has 6 heteroatoms. The van der Waals surface area contributed by atoms with Crippen LogP contribution >= 0.6 is 15.9 Å². The summed E-state index contributed by atoms with van der Waals surface area (Å²) in [5.41, 5.74) is 3.53. The molecular formula is C21H19BrN2O3. The lowest BCUT2D eigenvalue weighted by molar-refractivity contribution is 0.0345. The van der Waals surface area contributed by atoms with Crippen LogP contribution in [-0.4, -0.2) is 37.2 Å². The Morgan fingerprint density at radius 2 is 1.93 bits per heavy atom. The predicted octanol–water partition coefficient (Wildman–Crippen LogP) is 4.95. The van der Waals surface area contributed by atoms with Gasteiger partial charge in [-0.2, -0.15) is 0 Å². The topological polar surface area (TPSA) is 51.7 Å². The highest BCUT2D eigenvalue weighted by Gasteiger charge is 2.47. The monoisotopic (exact) mass is 426 g/mol. The Morgan fingerprint density at radius 1 is 1.19 bits per heavy atom. The average molecular weight is 427 g/mol. The number of fused-ring (bicyclic) bond motifs is 5. The number of benzene rings is 2. The summed E-state index contributed by atoms with van der Waals surface area (Å²) >= 11 is 3.55. The third-order valence-corrected chi connectivity index (χ3v) is 5.44. The first-order chi connectivity index (χ1) is 12.9. The van der Waals surface area contributed by atoms with E-state index in [9.17, 15) is 4.79 Å². The molecule has 2 aromatic carbocycles. The highest BCUT2D eigenvalue weighted by molar-refractivity contribution is 9.10. The van der Waals surface area contributed by atoms with Gasteiger partial charge in [-0.15, -0.1) is 0 Å². The third-order valence-electron chi connectivity index (χ3n) is 4.95. The van der Waals surface area contributed by atoms with Crippen LogP contribution in [0.15, 0.2) is 46.9 Å². The molecule has 4 rings (SSSR count). The van der Waals surface area contributed by atoms with Gasteiger partial charge >= 0.3 is 6.09 Å². The van der Waals surface area contributed by atoms with Gasteiger partial charge in [0.1, 0.15) is 0 Å². The molecule has 0 spiro atoms. The molecule has 1 aliphatic rings. The Labute approximate surface area is 166 Å². The predicted molar refractivity (Wildman–Crippen MR) is 108 cm³/mol. The summed E-state index contributed by atoms with van der Waals surface area (Å²) in [5, 5.41) is 0.984. The fourth-order valence-corrected chi connectivity index (χ4v) is 4.07. The molecule has 1 atom stereocenters. The van der Waals surface area contributed by atoms with E-state index in [-0.39, 0.29) is 0 Å². The van der Waals surface area contributed by atoms with Crippen molar-refractivity contribution in [2.24, 2.45) is 0 Å². The fraction of sp³-hybridized carbons (Fsp3) is 0.238. The molecular weight excluding hydrogens is 408 g/mol. The van der Waals surface area contributed by atoms with Crippen LogP contribution in [0.4, 0.5) is 4.79 Å². The molecule has 0 N–H and O–H groups in total. The molecule has 0 saturated carbocycles. The maximum atomic E-state index is 12.5. The lowest BCUT2D eigenvalue weighted by Gasteiger charge is -2.29. The number of pyridine rings is 1. The van der Waals surface area contributed by atoms with E-state index in [0.717, 1.165) is 37.6 Å². The largest absolute Gasteiger partial charge is 0.481 e. The van der Waals surface area contributed by atoms with E-state index in [4.69, 9.17) is 9.47 Å². The number of ether oxygens (including phenoxy) is 2. The number of hydrogen-bond donors (Lipinski definition) is 0. The van der Waals surface area contributed by atoms with Crippen LogP contribution in [0.25, 0.3) is 22.0 Å². The average Bonchev–Trinajstić information content (AvgIpc) is 2.91. The molecule has 3 aromatic rings. The quantitative estimate of drug-likeness (QED) is 0.581. The van der Waals surface area contributed by atoms with Crippen LogP contribution in [0.5, 0.6) is 5.88 Å². The summed E-state index contributed by atoms with van der Waals surface area (Å²) in [6.45, 7) is 1.90. The Balaban J connectivity index is 2.11. The molecule has 1 amide bonds.